The number of ether oxygens (including phenoxy) is 1. The Balaban J connectivity index is 2.55. The highest BCUT2D eigenvalue weighted by atomic mass is 35.5. The third kappa shape index (κ3) is 3.22. The molecule has 0 amide bonds. The van der Waals surface area contributed by atoms with Gasteiger partial charge in [-0.1, -0.05) is 11.6 Å². The van der Waals surface area contributed by atoms with E-state index in [4.69, 9.17) is 16.3 Å². The van der Waals surface area contributed by atoms with Crippen LogP contribution < -0.4 is 10.3 Å². The molecule has 1 aromatic carbocycles. The van der Waals surface area contributed by atoms with Crippen LogP contribution in [-0.2, 0) is 7.05 Å². The van der Waals surface area contributed by atoms with Crippen LogP contribution in [0.25, 0.3) is 11.3 Å². The summed E-state index contributed by atoms with van der Waals surface area (Å²) < 4.78 is 34.6. The quantitative estimate of drug-likeness (QED) is 0.801. The summed E-state index contributed by atoms with van der Waals surface area (Å²) in [4.78, 5) is 11.8. The molecule has 2 rings (SSSR count). The van der Waals surface area contributed by atoms with Gasteiger partial charge < -0.3 is 9.30 Å². The average molecular weight is 332 g/mol. The van der Waals surface area contributed by atoms with Gasteiger partial charge in [0.2, 0.25) is 0 Å². The minimum absolute atomic E-state index is 0.0120. The highest BCUT2D eigenvalue weighted by Gasteiger charge is 2.17. The number of nitrogens with zero attached hydrogens (tertiary/aromatic N) is 1. The van der Waals surface area contributed by atoms with Crippen molar-refractivity contribution in [2.75, 3.05) is 12.2 Å². The van der Waals surface area contributed by atoms with Gasteiger partial charge in [0.1, 0.15) is 28.3 Å². The van der Waals surface area contributed by atoms with Gasteiger partial charge in [-0.3, -0.25) is 4.79 Å². The number of benzene rings is 1. The van der Waals surface area contributed by atoms with Crippen LogP contribution >= 0.6 is 23.4 Å². The molecule has 0 spiro atoms. The first-order chi connectivity index (χ1) is 9.95. The molecule has 21 heavy (non-hydrogen) atoms. The number of rotatable bonds is 4. The maximum atomic E-state index is 14.2. The van der Waals surface area contributed by atoms with Crippen molar-refractivity contribution in [2.24, 2.45) is 7.05 Å². The normalized spacial score (nSPS) is 10.7. The zero-order valence-corrected chi connectivity index (χ0v) is 12.9. The molecule has 0 unspecified atom stereocenters. The predicted octanol–water partition coefficient (Wildman–Crippen LogP) is 3.68. The predicted molar refractivity (Wildman–Crippen MR) is 81.1 cm³/mol. The van der Waals surface area contributed by atoms with Crippen molar-refractivity contribution in [3.05, 3.63) is 51.3 Å². The number of hydrogen-bond donors (Lipinski definition) is 0. The molecule has 112 valence electrons. The van der Waals surface area contributed by atoms with Gasteiger partial charge in [0.05, 0.1) is 11.3 Å². The summed E-state index contributed by atoms with van der Waals surface area (Å²) in [5.41, 5.74) is -0.700. The fourth-order valence-corrected chi connectivity index (χ4v) is 2.30. The van der Waals surface area contributed by atoms with E-state index in [1.54, 1.807) is 0 Å². The van der Waals surface area contributed by atoms with E-state index in [-0.39, 0.29) is 28.0 Å². The highest BCUT2D eigenvalue weighted by molar-refractivity contribution is 7.98. The van der Waals surface area contributed by atoms with Crippen LogP contribution in [0.3, 0.4) is 0 Å². The summed E-state index contributed by atoms with van der Waals surface area (Å²) in [6.45, 7) is 0. The topological polar surface area (TPSA) is 31.2 Å². The molecule has 1 heterocycles. The molecule has 0 aliphatic heterocycles. The fourth-order valence-electron chi connectivity index (χ4n) is 1.86. The van der Waals surface area contributed by atoms with E-state index in [1.165, 1.54) is 30.9 Å². The fraction of sp³-hybridized carbons (Fsp3) is 0.214. The van der Waals surface area contributed by atoms with Gasteiger partial charge in [0, 0.05) is 19.2 Å². The number of aromatic nitrogens is 1. The largest absolute Gasteiger partial charge is 0.483 e. The first-order valence-electron chi connectivity index (χ1n) is 5.92. The lowest BCUT2D eigenvalue weighted by Gasteiger charge is -2.12. The van der Waals surface area contributed by atoms with Crippen molar-refractivity contribution in [3.63, 3.8) is 0 Å². The maximum absolute atomic E-state index is 14.2. The van der Waals surface area contributed by atoms with Gasteiger partial charge in [-0.05, 0) is 18.4 Å². The van der Waals surface area contributed by atoms with E-state index in [1.807, 2.05) is 6.26 Å². The van der Waals surface area contributed by atoms with Gasteiger partial charge >= 0.3 is 0 Å². The second-order valence-corrected chi connectivity index (χ2v) is 5.46. The van der Waals surface area contributed by atoms with Crippen molar-refractivity contribution in [1.82, 2.24) is 4.57 Å². The van der Waals surface area contributed by atoms with E-state index in [2.05, 4.69) is 0 Å². The molecule has 0 radical (unpaired) electrons. The van der Waals surface area contributed by atoms with Crippen LogP contribution in [0, 0.1) is 11.6 Å². The van der Waals surface area contributed by atoms with Gasteiger partial charge in [0.25, 0.3) is 5.56 Å². The average Bonchev–Trinajstić information content (AvgIpc) is 2.44. The summed E-state index contributed by atoms with van der Waals surface area (Å²) >= 11 is 7.08. The molecule has 0 aliphatic rings. The van der Waals surface area contributed by atoms with Crippen LogP contribution in [0.4, 0.5) is 8.78 Å². The minimum Gasteiger partial charge on any atom is -0.483 e. The molecule has 7 heteroatoms. The molecule has 0 fully saturated rings. The van der Waals surface area contributed by atoms with Crippen LogP contribution in [0.2, 0.25) is 5.02 Å². The lowest BCUT2D eigenvalue weighted by molar-refractivity contribution is 0.387. The van der Waals surface area contributed by atoms with Crippen molar-refractivity contribution in [2.45, 2.75) is 0 Å². The van der Waals surface area contributed by atoms with Gasteiger partial charge in [-0.25, -0.2) is 8.78 Å². The number of halogens is 3. The Labute approximate surface area is 129 Å². The first-order valence-corrected chi connectivity index (χ1v) is 7.69. The molecular formula is C14H12ClF2NO2S. The maximum Gasteiger partial charge on any atom is 0.269 e. The summed E-state index contributed by atoms with van der Waals surface area (Å²) in [6.07, 6.45) is 1.81. The first kappa shape index (κ1) is 15.9. The van der Waals surface area contributed by atoms with E-state index < -0.39 is 17.2 Å². The highest BCUT2D eigenvalue weighted by Crippen LogP contribution is 2.29. The molecule has 0 saturated heterocycles. The second-order valence-electron chi connectivity index (χ2n) is 4.24. The Morgan fingerprint density at radius 2 is 1.90 bits per heavy atom. The monoisotopic (exact) mass is 331 g/mol. The Bertz CT molecular complexity index is 710. The number of thioether (sulfide) groups is 1. The third-order valence-electron chi connectivity index (χ3n) is 2.87. The third-order valence-corrected chi connectivity index (χ3v) is 3.51. The zero-order valence-electron chi connectivity index (χ0n) is 11.3. The Hall–Kier alpha value is -1.53. The van der Waals surface area contributed by atoms with Crippen LogP contribution in [0.1, 0.15) is 0 Å². The van der Waals surface area contributed by atoms with Crippen molar-refractivity contribution < 1.29 is 13.5 Å². The standard InChI is InChI=1S/C14H12ClF2NO2S/c1-18-12(4-3-9(15)14(18)19)13-10(16)5-8(6-11(13)17)20-7-21-2/h3-6H,7H2,1-2H3. The minimum atomic E-state index is -0.802. The second kappa shape index (κ2) is 6.49. The van der Waals surface area contributed by atoms with Gasteiger partial charge in [0.15, 0.2) is 0 Å². The Morgan fingerprint density at radius 1 is 1.29 bits per heavy atom. The molecule has 3 nitrogen and oxygen atoms in total. The molecule has 0 N–H and O–H groups in total. The Morgan fingerprint density at radius 3 is 2.48 bits per heavy atom. The summed E-state index contributed by atoms with van der Waals surface area (Å²) in [5.74, 6) is -1.22. The summed E-state index contributed by atoms with van der Waals surface area (Å²) in [6, 6.07) is 4.89. The molecule has 0 bridgehead atoms. The van der Waals surface area contributed by atoms with E-state index in [0.29, 0.717) is 0 Å². The smallest absolute Gasteiger partial charge is 0.269 e. The van der Waals surface area contributed by atoms with Crippen molar-refractivity contribution in [3.8, 4) is 17.0 Å². The molecule has 2 aromatic rings. The molecule has 0 saturated carbocycles. The zero-order chi connectivity index (χ0) is 15.6. The van der Waals surface area contributed by atoms with Crippen LogP contribution in [0.15, 0.2) is 29.1 Å². The van der Waals surface area contributed by atoms with E-state index >= 15 is 0 Å². The van der Waals surface area contributed by atoms with Crippen LogP contribution in [-0.4, -0.2) is 16.8 Å². The lowest BCUT2D eigenvalue weighted by Crippen LogP contribution is -2.19. The SMILES string of the molecule is CSCOc1cc(F)c(-c2ccc(Cl)c(=O)n2C)c(F)c1. The number of hydrogen-bond acceptors (Lipinski definition) is 3. The molecule has 1 aromatic heterocycles. The summed E-state index contributed by atoms with van der Waals surface area (Å²) in [5, 5.41) is -0.0120. The summed E-state index contributed by atoms with van der Waals surface area (Å²) in [7, 11) is 1.40. The van der Waals surface area contributed by atoms with Gasteiger partial charge in [-0.2, -0.15) is 0 Å². The van der Waals surface area contributed by atoms with Gasteiger partial charge in [-0.15, -0.1) is 11.8 Å². The lowest BCUT2D eigenvalue weighted by atomic mass is 10.1. The van der Waals surface area contributed by atoms with Crippen molar-refractivity contribution >= 4 is 23.4 Å². The van der Waals surface area contributed by atoms with E-state index in [0.717, 1.165) is 16.7 Å². The molecular weight excluding hydrogens is 320 g/mol. The molecule has 0 aliphatic carbocycles. The van der Waals surface area contributed by atoms with Crippen LogP contribution in [0.5, 0.6) is 5.75 Å². The van der Waals surface area contributed by atoms with E-state index in [9.17, 15) is 13.6 Å². The molecule has 0 atom stereocenters. The Kier molecular flexibility index (Phi) is 4.90. The number of pyridine rings is 1. The van der Waals surface area contributed by atoms with Crippen molar-refractivity contribution in [1.29, 1.82) is 0 Å².